The van der Waals surface area contributed by atoms with Gasteiger partial charge < -0.3 is 10.2 Å². The summed E-state index contributed by atoms with van der Waals surface area (Å²) in [4.78, 5) is 25.1. The lowest BCUT2D eigenvalue weighted by Crippen LogP contribution is -2.44. The smallest absolute Gasteiger partial charge is 0.240 e. The molecule has 0 radical (unpaired) electrons. The Bertz CT molecular complexity index is 750. The molecule has 7 nitrogen and oxygen atoms in total. The molecule has 23 heavy (non-hydrogen) atoms. The number of nitrogens with one attached hydrogen (secondary N) is 1. The fraction of sp³-hybridized carbons (Fsp3) is 0.400. The molecule has 122 valence electrons. The van der Waals surface area contributed by atoms with Crippen LogP contribution in [0.5, 0.6) is 0 Å². The van der Waals surface area contributed by atoms with Gasteiger partial charge in [0, 0.05) is 18.7 Å². The average molecular weight is 335 g/mol. The van der Waals surface area contributed by atoms with Gasteiger partial charge in [-0.15, -0.1) is 0 Å². The predicted molar refractivity (Wildman–Crippen MR) is 84.4 cm³/mol. The number of carbonyl (C=O) groups is 2. The second-order valence-corrected chi connectivity index (χ2v) is 7.66. The van der Waals surface area contributed by atoms with Crippen molar-refractivity contribution in [3.63, 3.8) is 0 Å². The summed E-state index contributed by atoms with van der Waals surface area (Å²) in [7, 11) is -3.07. The van der Waals surface area contributed by atoms with E-state index in [-0.39, 0.29) is 24.0 Å². The summed E-state index contributed by atoms with van der Waals surface area (Å²) >= 11 is 0. The van der Waals surface area contributed by atoms with Crippen molar-refractivity contribution in [1.82, 2.24) is 5.32 Å². The molecule has 0 aliphatic carbocycles. The number of amides is 2. The first-order valence-corrected chi connectivity index (χ1v) is 8.91. The third kappa shape index (κ3) is 4.53. The van der Waals surface area contributed by atoms with E-state index in [4.69, 9.17) is 5.26 Å². The van der Waals surface area contributed by atoms with E-state index in [0.717, 1.165) is 0 Å². The van der Waals surface area contributed by atoms with Crippen LogP contribution in [0.2, 0.25) is 0 Å². The van der Waals surface area contributed by atoms with Crippen LogP contribution in [0, 0.1) is 11.3 Å². The molecule has 2 rings (SSSR count). The fourth-order valence-corrected chi connectivity index (χ4v) is 4.10. The topological polar surface area (TPSA) is 107 Å². The van der Waals surface area contributed by atoms with Crippen molar-refractivity contribution >= 4 is 27.3 Å². The molecule has 1 unspecified atom stereocenters. The van der Waals surface area contributed by atoms with Crippen molar-refractivity contribution in [2.75, 3.05) is 23.0 Å². The van der Waals surface area contributed by atoms with Gasteiger partial charge in [-0.1, -0.05) is 0 Å². The molecule has 1 N–H and O–H groups in total. The fourth-order valence-electron chi connectivity index (χ4n) is 2.43. The number of hydrogen-bond acceptors (Lipinski definition) is 5. The third-order valence-electron chi connectivity index (χ3n) is 3.59. The molecule has 0 aromatic heterocycles. The van der Waals surface area contributed by atoms with Crippen LogP contribution in [-0.4, -0.2) is 44.3 Å². The summed E-state index contributed by atoms with van der Waals surface area (Å²) in [5, 5.41) is 11.4. The van der Waals surface area contributed by atoms with E-state index in [0.29, 0.717) is 17.7 Å². The number of nitrogens with zero attached hydrogens (tertiary/aromatic N) is 2. The van der Waals surface area contributed by atoms with Crippen LogP contribution in [0.1, 0.15) is 18.9 Å². The Labute approximate surface area is 134 Å². The number of rotatable bonds is 4. The lowest BCUT2D eigenvalue weighted by molar-refractivity contribution is -0.123. The van der Waals surface area contributed by atoms with Gasteiger partial charge in [0.2, 0.25) is 11.8 Å². The first-order valence-electron chi connectivity index (χ1n) is 7.09. The van der Waals surface area contributed by atoms with Crippen LogP contribution < -0.4 is 10.2 Å². The number of nitriles is 1. The van der Waals surface area contributed by atoms with Gasteiger partial charge in [0.1, 0.15) is 6.54 Å². The molecule has 1 heterocycles. The molecule has 2 amide bonds. The van der Waals surface area contributed by atoms with Crippen molar-refractivity contribution in [3.8, 4) is 6.07 Å². The highest BCUT2D eigenvalue weighted by molar-refractivity contribution is 7.91. The van der Waals surface area contributed by atoms with Crippen LogP contribution in [0.4, 0.5) is 5.69 Å². The highest BCUT2D eigenvalue weighted by Gasteiger charge is 2.29. The molecule has 0 spiro atoms. The second kappa shape index (κ2) is 6.79. The number of hydrogen-bond donors (Lipinski definition) is 1. The van der Waals surface area contributed by atoms with Crippen LogP contribution >= 0.6 is 0 Å². The normalized spacial score (nSPS) is 18.9. The van der Waals surface area contributed by atoms with Crippen LogP contribution in [0.15, 0.2) is 24.3 Å². The summed E-state index contributed by atoms with van der Waals surface area (Å²) in [6.45, 7) is 1.14. The summed E-state index contributed by atoms with van der Waals surface area (Å²) in [6.07, 6.45) is 0.394. The van der Waals surface area contributed by atoms with E-state index in [9.17, 15) is 18.0 Å². The van der Waals surface area contributed by atoms with Crippen molar-refractivity contribution in [1.29, 1.82) is 5.26 Å². The molecule has 0 saturated carbocycles. The average Bonchev–Trinajstić information content (AvgIpc) is 2.83. The van der Waals surface area contributed by atoms with Crippen LogP contribution in [-0.2, 0) is 19.4 Å². The van der Waals surface area contributed by atoms with E-state index in [2.05, 4.69) is 5.32 Å². The lowest BCUT2D eigenvalue weighted by Gasteiger charge is -2.21. The van der Waals surface area contributed by atoms with Crippen molar-refractivity contribution in [2.24, 2.45) is 0 Å². The molecule has 1 aliphatic heterocycles. The van der Waals surface area contributed by atoms with E-state index in [1.807, 2.05) is 6.07 Å². The lowest BCUT2D eigenvalue weighted by atomic mass is 10.2. The van der Waals surface area contributed by atoms with Crippen molar-refractivity contribution in [3.05, 3.63) is 29.8 Å². The number of anilines is 1. The minimum Gasteiger partial charge on any atom is -0.351 e. The quantitative estimate of drug-likeness (QED) is 0.846. The monoisotopic (exact) mass is 335 g/mol. The molecule has 1 saturated heterocycles. The molecular formula is C15H17N3O4S. The van der Waals surface area contributed by atoms with Gasteiger partial charge in [-0.05, 0) is 30.7 Å². The maximum Gasteiger partial charge on any atom is 0.240 e. The molecule has 1 aromatic rings. The molecule has 0 bridgehead atoms. The second-order valence-electron chi connectivity index (χ2n) is 5.43. The van der Waals surface area contributed by atoms with Gasteiger partial charge >= 0.3 is 0 Å². The zero-order valence-electron chi connectivity index (χ0n) is 12.7. The zero-order valence-corrected chi connectivity index (χ0v) is 13.5. The summed E-state index contributed by atoms with van der Waals surface area (Å²) in [6, 6.07) is 7.88. The van der Waals surface area contributed by atoms with E-state index < -0.39 is 21.8 Å². The largest absolute Gasteiger partial charge is 0.351 e. The number of carbonyl (C=O) groups excluding carboxylic acids is 2. The standard InChI is InChI=1S/C15H17N3O4S/c1-11(19)18(14-4-2-12(8-16)3-5-14)9-15(20)17-13-6-7-23(21,22)10-13/h2-5,13H,6-7,9-10H2,1H3,(H,17,20). The highest BCUT2D eigenvalue weighted by atomic mass is 32.2. The van der Waals surface area contributed by atoms with Gasteiger partial charge in [0.25, 0.3) is 0 Å². The first-order chi connectivity index (χ1) is 10.8. The summed E-state index contributed by atoms with van der Waals surface area (Å²) in [5.41, 5.74) is 0.962. The molecule has 8 heteroatoms. The van der Waals surface area contributed by atoms with Crippen molar-refractivity contribution in [2.45, 2.75) is 19.4 Å². The van der Waals surface area contributed by atoms with Crippen LogP contribution in [0.25, 0.3) is 0 Å². The number of benzene rings is 1. The third-order valence-corrected chi connectivity index (χ3v) is 5.36. The molecule has 1 fully saturated rings. The Morgan fingerprint density at radius 2 is 2.00 bits per heavy atom. The maximum atomic E-state index is 12.1. The maximum absolute atomic E-state index is 12.1. The SMILES string of the molecule is CC(=O)N(CC(=O)NC1CCS(=O)(=O)C1)c1ccc(C#N)cc1. The van der Waals surface area contributed by atoms with Gasteiger partial charge in [0.05, 0.1) is 23.1 Å². The Morgan fingerprint density at radius 1 is 1.35 bits per heavy atom. The first kappa shape index (κ1) is 17.0. The molecule has 1 aliphatic rings. The van der Waals surface area contributed by atoms with E-state index in [1.54, 1.807) is 24.3 Å². The Balaban J connectivity index is 2.03. The Morgan fingerprint density at radius 3 is 2.48 bits per heavy atom. The summed E-state index contributed by atoms with van der Waals surface area (Å²) in [5.74, 6) is -0.713. The van der Waals surface area contributed by atoms with E-state index in [1.165, 1.54) is 11.8 Å². The van der Waals surface area contributed by atoms with Crippen molar-refractivity contribution < 1.29 is 18.0 Å². The zero-order chi connectivity index (χ0) is 17.0. The molecule has 1 atom stereocenters. The molecule has 1 aromatic carbocycles. The van der Waals surface area contributed by atoms with Gasteiger partial charge in [-0.2, -0.15) is 5.26 Å². The Kier molecular flexibility index (Phi) is 5.01. The van der Waals surface area contributed by atoms with Gasteiger partial charge in [-0.25, -0.2) is 8.42 Å². The van der Waals surface area contributed by atoms with Gasteiger partial charge in [-0.3, -0.25) is 9.59 Å². The highest BCUT2D eigenvalue weighted by Crippen LogP contribution is 2.16. The summed E-state index contributed by atoms with van der Waals surface area (Å²) < 4.78 is 22.8. The predicted octanol–water partition coefficient (Wildman–Crippen LogP) is 0.214. The van der Waals surface area contributed by atoms with E-state index >= 15 is 0 Å². The minimum absolute atomic E-state index is 0.0598. The number of sulfone groups is 1. The minimum atomic E-state index is -3.07. The Hall–Kier alpha value is -2.40. The molecular weight excluding hydrogens is 318 g/mol. The van der Waals surface area contributed by atoms with Gasteiger partial charge in [0.15, 0.2) is 9.84 Å². The van der Waals surface area contributed by atoms with Crippen LogP contribution in [0.3, 0.4) is 0 Å².